The highest BCUT2D eigenvalue weighted by molar-refractivity contribution is 6.32. The molecule has 0 aliphatic heterocycles. The number of amides is 1. The van der Waals surface area contributed by atoms with Gasteiger partial charge in [-0.3, -0.25) is 4.79 Å². The van der Waals surface area contributed by atoms with Crippen molar-refractivity contribution < 1.29 is 14.3 Å². The second kappa shape index (κ2) is 6.19. The van der Waals surface area contributed by atoms with Crippen LogP contribution < -0.4 is 5.32 Å². The largest absolute Gasteiger partial charge is 0.459 e. The van der Waals surface area contributed by atoms with Gasteiger partial charge in [-0.15, -0.1) is 0 Å². The molecule has 1 amide bonds. The molecule has 1 rings (SSSR count). The third kappa shape index (κ3) is 4.57. The van der Waals surface area contributed by atoms with E-state index in [1.54, 1.807) is 6.92 Å². The molecule has 1 aromatic carbocycles. The van der Waals surface area contributed by atoms with Crippen molar-refractivity contribution in [3.8, 4) is 0 Å². The molecule has 0 atom stereocenters. The van der Waals surface area contributed by atoms with E-state index in [9.17, 15) is 9.59 Å². The van der Waals surface area contributed by atoms with Gasteiger partial charge in [0, 0.05) is 5.54 Å². The number of rotatable bonds is 4. The summed E-state index contributed by atoms with van der Waals surface area (Å²) in [5, 5.41) is 2.68. The van der Waals surface area contributed by atoms with Crippen molar-refractivity contribution in [2.24, 2.45) is 0 Å². The van der Waals surface area contributed by atoms with Gasteiger partial charge in [0.25, 0.3) is 0 Å². The van der Waals surface area contributed by atoms with Crippen LogP contribution >= 0.6 is 0 Å². The fourth-order valence-electron chi connectivity index (χ4n) is 1.71. The Morgan fingerprint density at radius 1 is 1.22 bits per heavy atom. The average molecular weight is 249 g/mol. The molecule has 0 spiro atoms. The van der Waals surface area contributed by atoms with Crippen LogP contribution in [0.2, 0.25) is 0 Å². The Hall–Kier alpha value is -1.84. The smallest absolute Gasteiger partial charge is 0.396 e. The van der Waals surface area contributed by atoms with Crippen LogP contribution in [0.1, 0.15) is 26.3 Å². The number of benzene rings is 1. The molecular weight excluding hydrogens is 230 g/mol. The Morgan fingerprint density at radius 2 is 1.83 bits per heavy atom. The lowest BCUT2D eigenvalue weighted by molar-refractivity contribution is -0.155. The van der Waals surface area contributed by atoms with E-state index in [1.165, 1.54) is 0 Å². The van der Waals surface area contributed by atoms with E-state index >= 15 is 0 Å². The van der Waals surface area contributed by atoms with Gasteiger partial charge in [0.2, 0.25) is 0 Å². The summed E-state index contributed by atoms with van der Waals surface area (Å²) in [6, 6.07) is 9.79. The van der Waals surface area contributed by atoms with E-state index < -0.39 is 17.4 Å². The molecule has 0 unspecified atom stereocenters. The summed E-state index contributed by atoms with van der Waals surface area (Å²) in [6.45, 7) is 5.61. The molecule has 0 aliphatic carbocycles. The first-order valence-corrected chi connectivity index (χ1v) is 5.98. The van der Waals surface area contributed by atoms with Gasteiger partial charge in [-0.2, -0.15) is 0 Å². The molecule has 98 valence electrons. The third-order valence-electron chi connectivity index (χ3n) is 2.40. The minimum atomic E-state index is -0.835. The number of hydrogen-bond acceptors (Lipinski definition) is 3. The minimum Gasteiger partial charge on any atom is -0.459 e. The summed E-state index contributed by atoms with van der Waals surface area (Å²) >= 11 is 0. The quantitative estimate of drug-likeness (QED) is 0.652. The van der Waals surface area contributed by atoms with Crippen molar-refractivity contribution in [3.05, 3.63) is 35.9 Å². The first kappa shape index (κ1) is 14.2. The maximum atomic E-state index is 11.6. The predicted molar refractivity (Wildman–Crippen MR) is 69.0 cm³/mol. The Balaban J connectivity index is 2.59. The van der Waals surface area contributed by atoms with Crippen LogP contribution in [0.15, 0.2) is 30.3 Å². The number of esters is 1. The van der Waals surface area contributed by atoms with Gasteiger partial charge < -0.3 is 10.1 Å². The molecule has 0 aromatic heterocycles. The van der Waals surface area contributed by atoms with Gasteiger partial charge in [-0.25, -0.2) is 4.79 Å². The summed E-state index contributed by atoms with van der Waals surface area (Å²) in [5.41, 5.74) is 0.609. The summed E-state index contributed by atoms with van der Waals surface area (Å²) in [5.74, 6) is -1.53. The Labute approximate surface area is 107 Å². The molecule has 0 aliphatic rings. The predicted octanol–water partition coefficient (Wildman–Crippen LogP) is 1.69. The molecule has 0 radical (unpaired) electrons. The van der Waals surface area contributed by atoms with Crippen molar-refractivity contribution in [3.63, 3.8) is 0 Å². The van der Waals surface area contributed by atoms with Crippen LogP contribution in [-0.2, 0) is 20.7 Å². The standard InChI is InChI=1S/C14H19NO3/c1-4-18-13(17)12(16)15-14(2,3)10-11-8-6-5-7-9-11/h5-9H,4,10H2,1-3H3,(H,15,16). The highest BCUT2D eigenvalue weighted by atomic mass is 16.5. The topological polar surface area (TPSA) is 55.4 Å². The fourth-order valence-corrected chi connectivity index (χ4v) is 1.71. The second-order valence-corrected chi connectivity index (χ2v) is 4.72. The zero-order valence-corrected chi connectivity index (χ0v) is 11.0. The van der Waals surface area contributed by atoms with E-state index in [0.717, 1.165) is 5.56 Å². The van der Waals surface area contributed by atoms with Crippen molar-refractivity contribution in [1.29, 1.82) is 0 Å². The van der Waals surface area contributed by atoms with E-state index in [-0.39, 0.29) is 6.61 Å². The lowest BCUT2D eigenvalue weighted by Crippen LogP contribution is -2.48. The molecule has 4 heteroatoms. The van der Waals surface area contributed by atoms with E-state index in [1.807, 2.05) is 44.2 Å². The third-order valence-corrected chi connectivity index (χ3v) is 2.40. The highest BCUT2D eigenvalue weighted by Gasteiger charge is 2.25. The molecule has 0 heterocycles. The monoisotopic (exact) mass is 249 g/mol. The van der Waals surface area contributed by atoms with Crippen molar-refractivity contribution in [2.45, 2.75) is 32.7 Å². The molecule has 0 fully saturated rings. The van der Waals surface area contributed by atoms with Crippen LogP contribution in [0.5, 0.6) is 0 Å². The lowest BCUT2D eigenvalue weighted by Gasteiger charge is -2.25. The summed E-state index contributed by atoms with van der Waals surface area (Å²) < 4.78 is 4.65. The summed E-state index contributed by atoms with van der Waals surface area (Å²) in [7, 11) is 0. The van der Waals surface area contributed by atoms with E-state index in [2.05, 4.69) is 10.1 Å². The van der Waals surface area contributed by atoms with Gasteiger partial charge in [0.15, 0.2) is 0 Å². The Morgan fingerprint density at radius 3 is 2.39 bits per heavy atom. The van der Waals surface area contributed by atoms with Crippen molar-refractivity contribution >= 4 is 11.9 Å². The Bertz CT molecular complexity index is 412. The van der Waals surface area contributed by atoms with Crippen molar-refractivity contribution in [1.82, 2.24) is 5.32 Å². The zero-order valence-electron chi connectivity index (χ0n) is 11.0. The highest BCUT2D eigenvalue weighted by Crippen LogP contribution is 2.12. The number of carbonyl (C=O) groups is 2. The second-order valence-electron chi connectivity index (χ2n) is 4.72. The van der Waals surface area contributed by atoms with Crippen molar-refractivity contribution in [2.75, 3.05) is 6.61 Å². The van der Waals surface area contributed by atoms with Gasteiger partial charge in [0.1, 0.15) is 0 Å². The van der Waals surface area contributed by atoms with Crippen LogP contribution in [0.3, 0.4) is 0 Å². The van der Waals surface area contributed by atoms with Crippen LogP contribution in [0.25, 0.3) is 0 Å². The summed E-state index contributed by atoms with van der Waals surface area (Å²) in [6.07, 6.45) is 0.652. The van der Waals surface area contributed by atoms with Crippen LogP contribution in [0, 0.1) is 0 Å². The maximum Gasteiger partial charge on any atom is 0.396 e. The van der Waals surface area contributed by atoms with E-state index in [0.29, 0.717) is 6.42 Å². The van der Waals surface area contributed by atoms with Gasteiger partial charge in [0.05, 0.1) is 6.61 Å². The first-order chi connectivity index (χ1) is 8.44. The summed E-state index contributed by atoms with van der Waals surface area (Å²) in [4.78, 5) is 22.8. The SMILES string of the molecule is CCOC(=O)C(=O)NC(C)(C)Cc1ccccc1. The molecule has 1 aromatic rings. The number of ether oxygens (including phenoxy) is 1. The molecule has 0 saturated heterocycles. The number of hydrogen-bond donors (Lipinski definition) is 1. The van der Waals surface area contributed by atoms with E-state index in [4.69, 9.17) is 0 Å². The molecule has 4 nitrogen and oxygen atoms in total. The molecule has 0 bridgehead atoms. The normalized spacial score (nSPS) is 10.8. The first-order valence-electron chi connectivity index (χ1n) is 5.98. The Kier molecular flexibility index (Phi) is 4.89. The average Bonchev–Trinajstić information content (AvgIpc) is 2.29. The maximum absolute atomic E-state index is 11.6. The van der Waals surface area contributed by atoms with Gasteiger partial charge in [-0.05, 0) is 32.8 Å². The van der Waals surface area contributed by atoms with Crippen LogP contribution in [-0.4, -0.2) is 24.0 Å². The fraction of sp³-hybridized carbons (Fsp3) is 0.429. The van der Waals surface area contributed by atoms with Crippen LogP contribution in [0.4, 0.5) is 0 Å². The zero-order chi connectivity index (χ0) is 13.6. The minimum absolute atomic E-state index is 0.200. The number of carbonyl (C=O) groups excluding carboxylic acids is 2. The molecule has 0 saturated carbocycles. The molecular formula is C14H19NO3. The number of nitrogens with one attached hydrogen (secondary N) is 1. The van der Waals surface area contributed by atoms with Gasteiger partial charge in [-0.1, -0.05) is 30.3 Å². The lowest BCUT2D eigenvalue weighted by atomic mass is 9.95. The molecule has 18 heavy (non-hydrogen) atoms. The molecule has 1 N–H and O–H groups in total. The van der Waals surface area contributed by atoms with Gasteiger partial charge >= 0.3 is 11.9 Å².